The van der Waals surface area contributed by atoms with Crippen LogP contribution in [0.25, 0.3) is 0 Å². The van der Waals surface area contributed by atoms with Crippen LogP contribution in [0.15, 0.2) is 18.5 Å². The molecule has 2 aromatic rings. The van der Waals surface area contributed by atoms with E-state index in [1.807, 2.05) is 9.80 Å². The maximum absolute atomic E-state index is 14.0. The molecule has 9 nitrogen and oxygen atoms in total. The predicted molar refractivity (Wildman–Crippen MR) is 117 cm³/mol. The van der Waals surface area contributed by atoms with Gasteiger partial charge in [-0.05, 0) is 12.8 Å². The van der Waals surface area contributed by atoms with E-state index in [2.05, 4.69) is 15.0 Å². The van der Waals surface area contributed by atoms with Gasteiger partial charge in [0.15, 0.2) is 5.82 Å². The third-order valence-corrected chi connectivity index (χ3v) is 6.56. The molecule has 1 amide bonds. The first-order valence-corrected chi connectivity index (χ1v) is 11.4. The summed E-state index contributed by atoms with van der Waals surface area (Å²) in [4.78, 5) is 29.7. The summed E-state index contributed by atoms with van der Waals surface area (Å²) in [5, 5.41) is 0. The fraction of sp³-hybridized carbons (Fsp3) is 0.565. The summed E-state index contributed by atoms with van der Waals surface area (Å²) in [7, 11) is 1.40. The second-order valence-corrected chi connectivity index (χ2v) is 8.68. The third kappa shape index (κ3) is 4.71. The van der Waals surface area contributed by atoms with Gasteiger partial charge in [0.1, 0.15) is 6.10 Å². The fourth-order valence-corrected chi connectivity index (χ4v) is 4.69. The highest BCUT2D eigenvalue weighted by Gasteiger charge is 2.33. The summed E-state index contributed by atoms with van der Waals surface area (Å²) >= 11 is 0. The minimum absolute atomic E-state index is 0.0128. The maximum Gasteiger partial charge on any atom is 0.316 e. The fourth-order valence-electron chi connectivity index (χ4n) is 4.69. The van der Waals surface area contributed by atoms with E-state index in [0.29, 0.717) is 57.5 Å². The van der Waals surface area contributed by atoms with E-state index in [9.17, 15) is 9.18 Å². The molecule has 5 rings (SSSR count). The number of hydrogen-bond donors (Lipinski definition) is 0. The average molecular weight is 458 g/mol. The molecule has 0 bridgehead atoms. The number of carbonyl (C=O) groups is 1. The Kier molecular flexibility index (Phi) is 6.26. The molecule has 0 saturated carbocycles. The minimum Gasteiger partial charge on any atom is -0.479 e. The normalized spacial score (nSPS) is 21.1. The number of likely N-dealkylation sites (tertiary alicyclic amines) is 1. The lowest BCUT2D eigenvalue weighted by Crippen LogP contribution is -2.38. The molecule has 2 saturated heterocycles. The Morgan fingerprint density at radius 3 is 2.82 bits per heavy atom. The van der Waals surface area contributed by atoms with E-state index >= 15 is 0 Å². The van der Waals surface area contributed by atoms with Gasteiger partial charge in [0.25, 0.3) is 0 Å². The number of amides is 1. The average Bonchev–Trinajstić information content (AvgIpc) is 3.32. The molecule has 10 heteroatoms. The van der Waals surface area contributed by atoms with Crippen LogP contribution in [0.3, 0.4) is 0 Å². The first kappa shape index (κ1) is 21.8. The van der Waals surface area contributed by atoms with Crippen molar-refractivity contribution in [3.05, 3.63) is 35.5 Å². The quantitative estimate of drug-likeness (QED) is 0.674. The molecule has 0 spiro atoms. The Hall–Kier alpha value is -3.01. The molecular weight excluding hydrogens is 429 g/mol. The van der Waals surface area contributed by atoms with Crippen LogP contribution in [0.5, 0.6) is 11.9 Å². The number of methoxy groups -OCH3 is 1. The molecule has 3 aliphatic heterocycles. The van der Waals surface area contributed by atoms with Crippen LogP contribution in [0.2, 0.25) is 0 Å². The number of fused-ring (bicyclic) bond motifs is 1. The Morgan fingerprint density at radius 1 is 1.18 bits per heavy atom. The monoisotopic (exact) mass is 457 g/mol. The number of pyridine rings is 1. The molecule has 2 aromatic heterocycles. The topological polar surface area (TPSA) is 89.9 Å². The zero-order valence-corrected chi connectivity index (χ0v) is 18.7. The van der Waals surface area contributed by atoms with Crippen molar-refractivity contribution in [2.45, 2.75) is 38.3 Å². The summed E-state index contributed by atoms with van der Waals surface area (Å²) < 4.78 is 30.3. The van der Waals surface area contributed by atoms with Crippen LogP contribution in [0, 0.1) is 11.7 Å². The lowest BCUT2D eigenvalue weighted by molar-refractivity contribution is -0.137. The summed E-state index contributed by atoms with van der Waals surface area (Å²) in [5.74, 6) is -0.224. The van der Waals surface area contributed by atoms with E-state index in [1.165, 1.54) is 13.2 Å². The minimum atomic E-state index is -0.485. The number of nitrogens with zero attached hydrogens (tertiary/aromatic N) is 5. The Balaban J connectivity index is 1.19. The molecule has 0 unspecified atom stereocenters. The van der Waals surface area contributed by atoms with Crippen molar-refractivity contribution < 1.29 is 23.4 Å². The van der Waals surface area contributed by atoms with Crippen LogP contribution >= 0.6 is 0 Å². The predicted octanol–water partition coefficient (Wildman–Crippen LogP) is 1.99. The number of aromatic nitrogens is 3. The Labute approximate surface area is 191 Å². The van der Waals surface area contributed by atoms with Crippen LogP contribution < -0.4 is 14.4 Å². The zero-order chi connectivity index (χ0) is 22.8. The van der Waals surface area contributed by atoms with Crippen molar-refractivity contribution in [1.29, 1.82) is 0 Å². The largest absolute Gasteiger partial charge is 0.479 e. The molecule has 0 N–H and O–H groups in total. The van der Waals surface area contributed by atoms with Crippen molar-refractivity contribution in [2.24, 2.45) is 5.92 Å². The highest BCUT2D eigenvalue weighted by atomic mass is 19.1. The van der Waals surface area contributed by atoms with Crippen molar-refractivity contribution >= 4 is 11.6 Å². The smallest absolute Gasteiger partial charge is 0.316 e. The van der Waals surface area contributed by atoms with E-state index in [1.54, 1.807) is 12.4 Å². The van der Waals surface area contributed by atoms with Gasteiger partial charge in [-0.15, -0.1) is 0 Å². The van der Waals surface area contributed by atoms with Gasteiger partial charge < -0.3 is 24.0 Å². The van der Waals surface area contributed by atoms with Gasteiger partial charge >= 0.3 is 6.01 Å². The maximum atomic E-state index is 14.0. The number of anilines is 1. The van der Waals surface area contributed by atoms with Crippen molar-refractivity contribution in [2.75, 3.05) is 44.9 Å². The van der Waals surface area contributed by atoms with Crippen molar-refractivity contribution in [3.63, 3.8) is 0 Å². The van der Waals surface area contributed by atoms with Crippen LogP contribution in [0.1, 0.15) is 30.5 Å². The van der Waals surface area contributed by atoms with Crippen LogP contribution in [-0.2, 0) is 22.5 Å². The van der Waals surface area contributed by atoms with Gasteiger partial charge in [-0.3, -0.25) is 4.79 Å². The standard InChI is InChI=1S/C23H28FN5O4/c1-31-21-19(24)10-17(12-25-21)28-7-3-20-16(13-28)11-26-23(27-20)33-18-2-6-29(14-18)22(30)15-4-8-32-9-5-15/h10-12,15,18H,2-9,13-14H2,1H3/t18-/m0/s1. The number of hydrogen-bond acceptors (Lipinski definition) is 8. The van der Waals surface area contributed by atoms with Crippen molar-refractivity contribution in [3.8, 4) is 11.9 Å². The lowest BCUT2D eigenvalue weighted by atomic mass is 9.99. The van der Waals surface area contributed by atoms with Gasteiger partial charge in [-0.1, -0.05) is 0 Å². The van der Waals surface area contributed by atoms with Crippen LogP contribution in [0.4, 0.5) is 10.1 Å². The zero-order valence-electron chi connectivity index (χ0n) is 18.7. The molecular formula is C23H28FN5O4. The molecule has 0 aromatic carbocycles. The summed E-state index contributed by atoms with van der Waals surface area (Å²) in [5.41, 5.74) is 2.61. The van der Waals surface area contributed by atoms with Gasteiger partial charge in [0.2, 0.25) is 11.8 Å². The van der Waals surface area contributed by atoms with Gasteiger partial charge in [-0.2, -0.15) is 4.98 Å². The number of ether oxygens (including phenoxy) is 3. The summed E-state index contributed by atoms with van der Waals surface area (Å²) in [6.07, 6.45) is 6.35. The highest BCUT2D eigenvalue weighted by molar-refractivity contribution is 5.79. The molecule has 176 valence electrons. The second kappa shape index (κ2) is 9.46. The van der Waals surface area contributed by atoms with Crippen molar-refractivity contribution in [1.82, 2.24) is 19.9 Å². The number of rotatable bonds is 5. The van der Waals surface area contributed by atoms with Gasteiger partial charge in [-0.25, -0.2) is 14.4 Å². The van der Waals surface area contributed by atoms with Crippen LogP contribution in [-0.4, -0.2) is 71.8 Å². The molecule has 1 atom stereocenters. The molecule has 2 fully saturated rings. The van der Waals surface area contributed by atoms with E-state index in [-0.39, 0.29) is 23.8 Å². The van der Waals surface area contributed by atoms with Gasteiger partial charge in [0.05, 0.1) is 31.2 Å². The Bertz CT molecular complexity index is 1020. The third-order valence-electron chi connectivity index (χ3n) is 6.56. The molecule has 5 heterocycles. The molecule has 0 radical (unpaired) electrons. The molecule has 33 heavy (non-hydrogen) atoms. The summed E-state index contributed by atoms with van der Waals surface area (Å²) in [6.45, 7) is 3.85. The Morgan fingerprint density at radius 2 is 2.03 bits per heavy atom. The number of halogens is 1. The van der Waals surface area contributed by atoms with Gasteiger partial charge in [0, 0.05) is 69.4 Å². The number of carbonyl (C=O) groups excluding carboxylic acids is 1. The van der Waals surface area contributed by atoms with E-state index in [4.69, 9.17) is 14.2 Å². The van der Waals surface area contributed by atoms with E-state index in [0.717, 1.165) is 30.5 Å². The summed E-state index contributed by atoms with van der Waals surface area (Å²) in [6, 6.07) is 1.78. The SMILES string of the molecule is COc1ncc(N2CCc3nc(O[C@H]4CCN(C(=O)C5CCOCC5)C4)ncc3C2)cc1F. The highest BCUT2D eigenvalue weighted by Crippen LogP contribution is 2.27. The molecule has 3 aliphatic rings. The first-order valence-electron chi connectivity index (χ1n) is 11.4. The molecule has 0 aliphatic carbocycles. The lowest BCUT2D eigenvalue weighted by Gasteiger charge is -2.30. The van der Waals surface area contributed by atoms with E-state index < -0.39 is 5.82 Å². The second-order valence-electron chi connectivity index (χ2n) is 8.68. The first-order chi connectivity index (χ1) is 16.1.